The topological polar surface area (TPSA) is 46.5 Å². The van der Waals surface area contributed by atoms with Crippen LogP contribution in [0.2, 0.25) is 0 Å². The maximum Gasteiger partial charge on any atom is 0.343 e. The Hall–Kier alpha value is -3.07. The van der Waals surface area contributed by atoms with Crippen LogP contribution in [0.1, 0.15) is 85.3 Å². The standard InChI is InChI=1S/C31H38O3/c1-18-16-23(30(5,6)7)27(32)25(20(18)3)26-21(4)19(2)17-24(31(8,9)10)28(26)34-29(33)22-14-12-11-13-15-22/h11-17,32H,1-10H3. The maximum atomic E-state index is 13.3. The van der Waals surface area contributed by atoms with Crippen molar-refractivity contribution in [2.75, 3.05) is 0 Å². The van der Waals surface area contributed by atoms with E-state index in [-0.39, 0.29) is 16.6 Å². The van der Waals surface area contributed by atoms with Crippen molar-refractivity contribution in [2.24, 2.45) is 0 Å². The number of aromatic hydroxyl groups is 1. The van der Waals surface area contributed by atoms with E-state index in [2.05, 4.69) is 67.5 Å². The zero-order chi connectivity index (χ0) is 25.6. The second-order valence-electron chi connectivity index (χ2n) is 11.4. The fraction of sp³-hybridized carbons (Fsp3) is 0.387. The van der Waals surface area contributed by atoms with E-state index in [4.69, 9.17) is 4.74 Å². The first-order valence-electron chi connectivity index (χ1n) is 11.9. The largest absolute Gasteiger partial charge is 0.507 e. The molecule has 0 spiro atoms. The Labute approximate surface area is 204 Å². The van der Waals surface area contributed by atoms with Gasteiger partial charge in [0.25, 0.3) is 0 Å². The van der Waals surface area contributed by atoms with E-state index in [9.17, 15) is 9.90 Å². The third-order valence-corrected chi connectivity index (χ3v) is 6.69. The van der Waals surface area contributed by atoms with Gasteiger partial charge in [0.05, 0.1) is 5.56 Å². The van der Waals surface area contributed by atoms with E-state index in [1.54, 1.807) is 12.1 Å². The van der Waals surface area contributed by atoms with Gasteiger partial charge in [-0.25, -0.2) is 4.79 Å². The van der Waals surface area contributed by atoms with Crippen molar-refractivity contribution in [1.82, 2.24) is 0 Å². The van der Waals surface area contributed by atoms with Gasteiger partial charge in [0.1, 0.15) is 11.5 Å². The zero-order valence-corrected chi connectivity index (χ0v) is 22.3. The molecule has 0 radical (unpaired) electrons. The second-order valence-corrected chi connectivity index (χ2v) is 11.4. The summed E-state index contributed by atoms with van der Waals surface area (Å²) in [5.74, 6) is 0.367. The molecular weight excluding hydrogens is 420 g/mol. The molecule has 3 aromatic rings. The quantitative estimate of drug-likeness (QED) is 0.318. The first-order chi connectivity index (χ1) is 15.6. The monoisotopic (exact) mass is 458 g/mol. The second kappa shape index (κ2) is 8.94. The summed E-state index contributed by atoms with van der Waals surface area (Å²) in [6.45, 7) is 20.8. The Bertz CT molecular complexity index is 1240. The molecule has 0 atom stereocenters. The fourth-order valence-corrected chi connectivity index (χ4v) is 4.36. The molecule has 0 aliphatic rings. The Kier molecular flexibility index (Phi) is 6.72. The van der Waals surface area contributed by atoms with Crippen LogP contribution >= 0.6 is 0 Å². The number of carbonyl (C=O) groups is 1. The van der Waals surface area contributed by atoms with E-state index in [0.29, 0.717) is 11.3 Å². The van der Waals surface area contributed by atoms with Gasteiger partial charge in [-0.15, -0.1) is 0 Å². The highest BCUT2D eigenvalue weighted by Gasteiger charge is 2.31. The predicted molar refractivity (Wildman–Crippen MR) is 141 cm³/mol. The average Bonchev–Trinajstić information content (AvgIpc) is 2.74. The molecule has 0 unspecified atom stereocenters. The van der Waals surface area contributed by atoms with Crippen LogP contribution in [-0.2, 0) is 10.8 Å². The van der Waals surface area contributed by atoms with E-state index >= 15 is 0 Å². The van der Waals surface area contributed by atoms with Gasteiger partial charge in [-0.1, -0.05) is 71.9 Å². The number of phenols is 1. The summed E-state index contributed by atoms with van der Waals surface area (Å²) in [5, 5.41) is 11.6. The first-order valence-corrected chi connectivity index (χ1v) is 11.9. The number of rotatable bonds is 3. The van der Waals surface area contributed by atoms with Crippen molar-refractivity contribution < 1.29 is 14.6 Å². The van der Waals surface area contributed by atoms with E-state index in [1.165, 1.54) is 0 Å². The molecule has 0 bridgehead atoms. The third-order valence-electron chi connectivity index (χ3n) is 6.69. The molecule has 0 amide bonds. The number of hydrogen-bond acceptors (Lipinski definition) is 3. The number of hydrogen-bond donors (Lipinski definition) is 1. The van der Waals surface area contributed by atoms with E-state index in [1.807, 2.05) is 32.0 Å². The molecule has 0 saturated carbocycles. The van der Waals surface area contributed by atoms with Crippen molar-refractivity contribution in [2.45, 2.75) is 80.1 Å². The minimum absolute atomic E-state index is 0.247. The van der Waals surface area contributed by atoms with Crippen LogP contribution in [0, 0.1) is 27.7 Å². The van der Waals surface area contributed by atoms with Gasteiger partial charge >= 0.3 is 5.97 Å². The molecule has 34 heavy (non-hydrogen) atoms. The molecule has 180 valence electrons. The van der Waals surface area contributed by atoms with Crippen molar-refractivity contribution in [3.05, 3.63) is 81.4 Å². The molecule has 0 fully saturated rings. The van der Waals surface area contributed by atoms with Crippen molar-refractivity contribution in [3.63, 3.8) is 0 Å². The molecule has 3 rings (SSSR count). The Morgan fingerprint density at radius 3 is 1.71 bits per heavy atom. The van der Waals surface area contributed by atoms with Gasteiger partial charge < -0.3 is 9.84 Å². The van der Waals surface area contributed by atoms with Crippen molar-refractivity contribution >= 4 is 5.97 Å². The molecule has 0 heterocycles. The zero-order valence-electron chi connectivity index (χ0n) is 22.3. The van der Waals surface area contributed by atoms with Crippen LogP contribution in [0.4, 0.5) is 0 Å². The highest BCUT2D eigenvalue weighted by atomic mass is 16.5. The minimum Gasteiger partial charge on any atom is -0.507 e. The molecule has 0 aliphatic carbocycles. The Morgan fingerprint density at radius 2 is 1.21 bits per heavy atom. The van der Waals surface area contributed by atoms with Gasteiger partial charge in [-0.2, -0.15) is 0 Å². The fourth-order valence-electron chi connectivity index (χ4n) is 4.36. The van der Waals surface area contributed by atoms with Crippen LogP contribution in [0.15, 0.2) is 42.5 Å². The summed E-state index contributed by atoms with van der Waals surface area (Å²) >= 11 is 0. The molecule has 3 nitrogen and oxygen atoms in total. The Morgan fingerprint density at radius 1 is 0.735 bits per heavy atom. The number of esters is 1. The molecular formula is C31H38O3. The number of ether oxygens (including phenoxy) is 1. The third kappa shape index (κ3) is 4.75. The molecule has 0 saturated heterocycles. The van der Waals surface area contributed by atoms with Gasteiger partial charge in [0.15, 0.2) is 0 Å². The normalized spacial score (nSPS) is 12.1. The molecule has 0 aliphatic heterocycles. The molecule has 3 heteroatoms. The van der Waals surface area contributed by atoms with Gasteiger partial charge in [-0.05, 0) is 72.9 Å². The lowest BCUT2D eigenvalue weighted by Gasteiger charge is -2.29. The summed E-state index contributed by atoms with van der Waals surface area (Å²) in [4.78, 5) is 13.3. The molecule has 1 N–H and O–H groups in total. The van der Waals surface area contributed by atoms with Gasteiger partial charge in [0, 0.05) is 22.3 Å². The summed E-state index contributed by atoms with van der Waals surface area (Å²) in [5.41, 5.74) is 7.48. The van der Waals surface area contributed by atoms with E-state index < -0.39 is 5.97 Å². The predicted octanol–water partition coefficient (Wildman–Crippen LogP) is 8.11. The highest BCUT2D eigenvalue weighted by Crippen LogP contribution is 2.50. The SMILES string of the molecule is Cc1cc(C(C)(C)C)c(O)c(-c2c(C)c(C)cc(C(C)(C)C)c2OC(=O)c2ccccc2)c1C. The van der Waals surface area contributed by atoms with Crippen LogP contribution in [0.5, 0.6) is 11.5 Å². The van der Waals surface area contributed by atoms with Crippen molar-refractivity contribution in [3.8, 4) is 22.6 Å². The van der Waals surface area contributed by atoms with Crippen LogP contribution in [-0.4, -0.2) is 11.1 Å². The van der Waals surface area contributed by atoms with Gasteiger partial charge in [-0.3, -0.25) is 0 Å². The number of carbonyl (C=O) groups excluding carboxylic acids is 1. The number of phenolic OH excluding ortho intramolecular Hbond substituents is 1. The van der Waals surface area contributed by atoms with Crippen LogP contribution in [0.25, 0.3) is 11.1 Å². The lowest BCUT2D eigenvalue weighted by Crippen LogP contribution is -2.19. The Balaban J connectivity index is 2.44. The maximum absolute atomic E-state index is 13.3. The summed E-state index contributed by atoms with van der Waals surface area (Å²) < 4.78 is 6.20. The summed E-state index contributed by atoms with van der Waals surface area (Å²) in [7, 11) is 0. The smallest absolute Gasteiger partial charge is 0.343 e. The minimum atomic E-state index is -0.406. The molecule has 3 aromatic carbocycles. The highest BCUT2D eigenvalue weighted by molar-refractivity contribution is 5.94. The number of benzene rings is 3. The van der Waals surface area contributed by atoms with E-state index in [0.717, 1.165) is 44.5 Å². The van der Waals surface area contributed by atoms with Crippen molar-refractivity contribution in [1.29, 1.82) is 0 Å². The number of aryl methyl sites for hydroxylation is 2. The summed E-state index contributed by atoms with van der Waals surface area (Å²) in [6.07, 6.45) is 0. The van der Waals surface area contributed by atoms with Crippen LogP contribution < -0.4 is 4.74 Å². The lowest BCUT2D eigenvalue weighted by atomic mass is 9.77. The molecule has 0 aromatic heterocycles. The average molecular weight is 459 g/mol. The van der Waals surface area contributed by atoms with Gasteiger partial charge in [0.2, 0.25) is 0 Å². The lowest BCUT2D eigenvalue weighted by molar-refractivity contribution is 0.0732. The summed E-state index contributed by atoms with van der Waals surface area (Å²) in [6, 6.07) is 13.2. The van der Waals surface area contributed by atoms with Crippen LogP contribution in [0.3, 0.4) is 0 Å². The first kappa shape index (κ1) is 25.6.